The topological polar surface area (TPSA) is 73.6 Å². The average Bonchev–Trinajstić information content (AvgIpc) is 2.70. The first-order valence-electron chi connectivity index (χ1n) is 9.24. The molecule has 2 rings (SSSR count). The van der Waals surface area contributed by atoms with Gasteiger partial charge in [0.15, 0.2) is 6.61 Å². The molecule has 0 heterocycles. The second kappa shape index (κ2) is 9.77. The highest BCUT2D eigenvalue weighted by molar-refractivity contribution is 5.98. The summed E-state index contributed by atoms with van der Waals surface area (Å²) in [6.07, 6.45) is 6.90. The van der Waals surface area contributed by atoms with Crippen LogP contribution in [0.1, 0.15) is 37.7 Å². The number of nitrogens with zero attached hydrogens (tertiary/aromatic N) is 3. The molecule has 0 unspecified atom stereocenters. The Morgan fingerprint density at radius 1 is 1.15 bits per heavy atom. The minimum Gasteiger partial charge on any atom is -0.451 e. The Bertz CT molecular complexity index is 726. The predicted molar refractivity (Wildman–Crippen MR) is 105 cm³/mol. The van der Waals surface area contributed by atoms with Crippen molar-refractivity contribution < 1.29 is 14.3 Å². The molecule has 0 saturated heterocycles. The van der Waals surface area contributed by atoms with Crippen molar-refractivity contribution in [2.24, 2.45) is 0 Å². The smallest absolute Gasteiger partial charge is 0.349 e. The number of nitriles is 1. The molecule has 144 valence electrons. The standard InChI is InChI=1S/C21H27N3O3/c1-23(2)18-11-9-16(10-12-18)13-17(14-22)21(26)27-15-20(25)24(3)19-7-5-4-6-8-19/h9-13,19H,4-8,15H2,1-3H3/b17-13-. The number of likely N-dealkylation sites (N-methyl/N-ethyl adjacent to an activating group) is 1. The average molecular weight is 369 g/mol. The monoisotopic (exact) mass is 369 g/mol. The van der Waals surface area contributed by atoms with Crippen LogP contribution in [-0.4, -0.2) is 50.6 Å². The molecule has 6 nitrogen and oxygen atoms in total. The number of carbonyl (C=O) groups is 2. The van der Waals surface area contributed by atoms with E-state index < -0.39 is 5.97 Å². The molecular weight excluding hydrogens is 342 g/mol. The molecule has 6 heteroatoms. The van der Waals surface area contributed by atoms with Crippen LogP contribution in [0.2, 0.25) is 0 Å². The van der Waals surface area contributed by atoms with Crippen LogP contribution < -0.4 is 4.90 Å². The quantitative estimate of drug-likeness (QED) is 0.438. The summed E-state index contributed by atoms with van der Waals surface area (Å²) in [6.45, 7) is -0.343. The summed E-state index contributed by atoms with van der Waals surface area (Å²) in [5.74, 6) is -1.01. The largest absolute Gasteiger partial charge is 0.451 e. The van der Waals surface area contributed by atoms with Crippen molar-refractivity contribution >= 4 is 23.6 Å². The van der Waals surface area contributed by atoms with Crippen molar-refractivity contribution in [3.63, 3.8) is 0 Å². The van der Waals surface area contributed by atoms with Crippen molar-refractivity contribution in [1.82, 2.24) is 4.90 Å². The fourth-order valence-corrected chi connectivity index (χ4v) is 3.15. The summed E-state index contributed by atoms with van der Waals surface area (Å²) in [5, 5.41) is 9.26. The number of rotatable bonds is 6. The summed E-state index contributed by atoms with van der Waals surface area (Å²) in [6, 6.07) is 9.51. The maximum absolute atomic E-state index is 12.3. The van der Waals surface area contributed by atoms with E-state index in [4.69, 9.17) is 4.74 Å². The number of hydrogen-bond donors (Lipinski definition) is 0. The molecule has 1 fully saturated rings. The van der Waals surface area contributed by atoms with Crippen molar-refractivity contribution in [3.05, 3.63) is 35.4 Å². The lowest BCUT2D eigenvalue weighted by Gasteiger charge is -2.31. The molecule has 0 aromatic heterocycles. The zero-order valence-electron chi connectivity index (χ0n) is 16.3. The number of amides is 1. The minimum atomic E-state index is -0.778. The van der Waals surface area contributed by atoms with Gasteiger partial charge in [0.25, 0.3) is 5.91 Å². The highest BCUT2D eigenvalue weighted by Gasteiger charge is 2.23. The lowest BCUT2D eigenvalue weighted by Crippen LogP contribution is -2.40. The maximum Gasteiger partial charge on any atom is 0.349 e. The molecule has 0 N–H and O–H groups in total. The summed E-state index contributed by atoms with van der Waals surface area (Å²) in [5.41, 5.74) is 1.62. The van der Waals surface area contributed by atoms with E-state index in [1.807, 2.05) is 49.3 Å². The number of benzene rings is 1. The van der Waals surface area contributed by atoms with Crippen LogP contribution in [0.5, 0.6) is 0 Å². The third kappa shape index (κ3) is 5.85. The van der Waals surface area contributed by atoms with E-state index in [-0.39, 0.29) is 24.1 Å². The molecule has 1 saturated carbocycles. The molecular formula is C21H27N3O3. The van der Waals surface area contributed by atoms with Gasteiger partial charge in [0.05, 0.1) is 0 Å². The van der Waals surface area contributed by atoms with E-state index in [9.17, 15) is 14.9 Å². The van der Waals surface area contributed by atoms with Gasteiger partial charge in [-0.2, -0.15) is 5.26 Å². The van der Waals surface area contributed by atoms with Gasteiger partial charge in [0, 0.05) is 32.9 Å². The van der Waals surface area contributed by atoms with E-state index in [0.717, 1.165) is 36.9 Å². The third-order valence-corrected chi connectivity index (χ3v) is 4.90. The van der Waals surface area contributed by atoms with Gasteiger partial charge in [-0.3, -0.25) is 4.79 Å². The van der Waals surface area contributed by atoms with Gasteiger partial charge in [-0.15, -0.1) is 0 Å². The van der Waals surface area contributed by atoms with Gasteiger partial charge in [-0.1, -0.05) is 31.4 Å². The first-order chi connectivity index (χ1) is 12.9. The molecule has 0 bridgehead atoms. The summed E-state index contributed by atoms with van der Waals surface area (Å²) in [7, 11) is 5.62. The predicted octanol–water partition coefficient (Wildman–Crippen LogP) is 2.99. The molecule has 0 aliphatic heterocycles. The number of anilines is 1. The molecule has 0 atom stereocenters. The van der Waals surface area contributed by atoms with Gasteiger partial charge in [0.1, 0.15) is 11.6 Å². The van der Waals surface area contributed by atoms with Crippen LogP contribution in [0.3, 0.4) is 0 Å². The number of hydrogen-bond acceptors (Lipinski definition) is 5. The highest BCUT2D eigenvalue weighted by atomic mass is 16.5. The summed E-state index contributed by atoms with van der Waals surface area (Å²) in [4.78, 5) is 28.1. The maximum atomic E-state index is 12.3. The second-order valence-electron chi connectivity index (χ2n) is 7.03. The van der Waals surface area contributed by atoms with E-state index in [1.54, 1.807) is 11.9 Å². The highest BCUT2D eigenvalue weighted by Crippen LogP contribution is 2.21. The Kier molecular flexibility index (Phi) is 7.42. The molecule has 1 aliphatic rings. The van der Waals surface area contributed by atoms with Gasteiger partial charge >= 0.3 is 5.97 Å². The van der Waals surface area contributed by atoms with Crippen molar-refractivity contribution in [2.45, 2.75) is 38.1 Å². The van der Waals surface area contributed by atoms with Crippen LogP contribution in [-0.2, 0) is 14.3 Å². The van der Waals surface area contributed by atoms with Gasteiger partial charge in [0.2, 0.25) is 0 Å². The summed E-state index contributed by atoms with van der Waals surface area (Å²) >= 11 is 0. The Morgan fingerprint density at radius 3 is 2.33 bits per heavy atom. The Balaban J connectivity index is 1.94. The Morgan fingerprint density at radius 2 is 1.78 bits per heavy atom. The van der Waals surface area contributed by atoms with Crippen LogP contribution in [0.4, 0.5) is 5.69 Å². The van der Waals surface area contributed by atoms with E-state index in [2.05, 4.69) is 0 Å². The van der Waals surface area contributed by atoms with Crippen LogP contribution in [0.25, 0.3) is 6.08 Å². The fourth-order valence-electron chi connectivity index (χ4n) is 3.15. The molecule has 1 aliphatic carbocycles. The molecule has 0 radical (unpaired) electrons. The SMILES string of the molecule is CN(C)c1ccc(/C=C(/C#N)C(=O)OCC(=O)N(C)C2CCCCC2)cc1. The Labute approximate surface area is 161 Å². The first kappa shape index (κ1) is 20.5. The number of carbonyl (C=O) groups excluding carboxylic acids is 2. The van der Waals surface area contributed by atoms with Gasteiger partial charge in [-0.05, 0) is 36.6 Å². The molecule has 0 spiro atoms. The van der Waals surface area contributed by atoms with Crippen molar-refractivity contribution in [1.29, 1.82) is 5.26 Å². The van der Waals surface area contributed by atoms with E-state index >= 15 is 0 Å². The van der Waals surface area contributed by atoms with Crippen LogP contribution in [0.15, 0.2) is 29.8 Å². The second-order valence-corrected chi connectivity index (χ2v) is 7.03. The van der Waals surface area contributed by atoms with Crippen molar-refractivity contribution in [3.8, 4) is 6.07 Å². The normalized spacial score (nSPS) is 15.0. The molecule has 1 aromatic rings. The van der Waals surface area contributed by atoms with E-state index in [0.29, 0.717) is 0 Å². The minimum absolute atomic E-state index is 0.124. The zero-order valence-corrected chi connectivity index (χ0v) is 16.3. The number of esters is 1. The molecule has 1 amide bonds. The van der Waals surface area contributed by atoms with Crippen molar-refractivity contribution in [2.75, 3.05) is 32.6 Å². The van der Waals surface area contributed by atoms with E-state index in [1.165, 1.54) is 12.5 Å². The van der Waals surface area contributed by atoms with Gasteiger partial charge < -0.3 is 14.5 Å². The van der Waals surface area contributed by atoms with Crippen LogP contribution in [0, 0.1) is 11.3 Å². The molecule has 27 heavy (non-hydrogen) atoms. The van der Waals surface area contributed by atoms with Crippen LogP contribution >= 0.6 is 0 Å². The zero-order chi connectivity index (χ0) is 19.8. The molecule has 1 aromatic carbocycles. The lowest BCUT2D eigenvalue weighted by molar-refractivity contribution is -0.149. The first-order valence-corrected chi connectivity index (χ1v) is 9.24. The summed E-state index contributed by atoms with van der Waals surface area (Å²) < 4.78 is 5.07. The third-order valence-electron chi connectivity index (χ3n) is 4.90. The fraction of sp³-hybridized carbons (Fsp3) is 0.476. The number of ether oxygens (including phenoxy) is 1. The Hall–Kier alpha value is -2.81. The lowest BCUT2D eigenvalue weighted by atomic mass is 9.94. The van der Waals surface area contributed by atoms with Gasteiger partial charge in [-0.25, -0.2) is 4.79 Å².